The summed E-state index contributed by atoms with van der Waals surface area (Å²) in [6, 6.07) is 3.54. The van der Waals surface area contributed by atoms with Gasteiger partial charge in [-0.1, -0.05) is 15.9 Å². The molecule has 0 aromatic heterocycles. The fourth-order valence-corrected chi connectivity index (χ4v) is 3.70. The quantitative estimate of drug-likeness (QED) is 0.733. The van der Waals surface area contributed by atoms with Crippen molar-refractivity contribution in [1.82, 2.24) is 0 Å². The number of rotatable bonds is 4. The molecular formula is C8H7Br3O4S. The second kappa shape index (κ2) is 5.81. The van der Waals surface area contributed by atoms with Gasteiger partial charge in [0.25, 0.3) is 10.1 Å². The molecule has 1 N–H and O–H groups in total. The van der Waals surface area contributed by atoms with Gasteiger partial charge in [0.2, 0.25) is 0 Å². The Bertz CT molecular complexity index is 463. The summed E-state index contributed by atoms with van der Waals surface area (Å²) in [7, 11) is -3.99. The zero-order valence-electron chi connectivity index (χ0n) is 7.78. The average Bonchev–Trinajstić information content (AvgIpc) is 2.07. The van der Waals surface area contributed by atoms with Crippen molar-refractivity contribution < 1.29 is 17.7 Å². The first-order valence-electron chi connectivity index (χ1n) is 4.02. The molecule has 0 aliphatic heterocycles. The zero-order chi connectivity index (χ0) is 12.3. The smallest absolute Gasteiger partial charge is 0.268 e. The zero-order valence-corrected chi connectivity index (χ0v) is 13.4. The maximum absolute atomic E-state index is 10.5. The predicted octanol–water partition coefficient (Wildman–Crippen LogP) is 3.24. The number of ether oxygens (including phenoxy) is 1. The van der Waals surface area contributed by atoms with Crippen LogP contribution in [0.1, 0.15) is 0 Å². The van der Waals surface area contributed by atoms with Gasteiger partial charge in [-0.2, -0.15) is 8.42 Å². The molecule has 0 saturated carbocycles. The van der Waals surface area contributed by atoms with Crippen LogP contribution < -0.4 is 4.74 Å². The fraction of sp³-hybridized carbons (Fsp3) is 0.250. The van der Waals surface area contributed by atoms with Gasteiger partial charge in [-0.3, -0.25) is 4.55 Å². The van der Waals surface area contributed by atoms with E-state index in [0.29, 0.717) is 14.7 Å². The lowest BCUT2D eigenvalue weighted by Gasteiger charge is -2.09. The Morgan fingerprint density at radius 2 is 1.69 bits per heavy atom. The minimum atomic E-state index is -3.99. The van der Waals surface area contributed by atoms with Gasteiger partial charge < -0.3 is 4.74 Å². The summed E-state index contributed by atoms with van der Waals surface area (Å²) in [5, 5.41) is 0. The van der Waals surface area contributed by atoms with E-state index in [-0.39, 0.29) is 6.61 Å². The van der Waals surface area contributed by atoms with Gasteiger partial charge in [0.1, 0.15) is 18.1 Å². The van der Waals surface area contributed by atoms with E-state index in [4.69, 9.17) is 9.29 Å². The molecule has 0 heterocycles. The Morgan fingerprint density at radius 3 is 2.12 bits per heavy atom. The van der Waals surface area contributed by atoms with E-state index in [2.05, 4.69) is 47.8 Å². The fourth-order valence-electron chi connectivity index (χ4n) is 0.916. The van der Waals surface area contributed by atoms with Gasteiger partial charge in [-0.25, -0.2) is 0 Å². The van der Waals surface area contributed by atoms with E-state index in [1.807, 2.05) is 0 Å². The van der Waals surface area contributed by atoms with E-state index in [9.17, 15) is 8.42 Å². The Kier molecular flexibility index (Phi) is 5.24. The highest BCUT2D eigenvalue weighted by molar-refractivity contribution is 9.11. The molecule has 0 bridgehead atoms. The molecule has 0 unspecified atom stereocenters. The lowest BCUT2D eigenvalue weighted by Crippen LogP contribution is -2.13. The molecule has 16 heavy (non-hydrogen) atoms. The predicted molar refractivity (Wildman–Crippen MR) is 71.5 cm³/mol. The Labute approximate surface area is 119 Å². The van der Waals surface area contributed by atoms with Gasteiger partial charge in [0, 0.05) is 4.47 Å². The van der Waals surface area contributed by atoms with E-state index in [1.54, 1.807) is 12.1 Å². The van der Waals surface area contributed by atoms with Crippen LogP contribution in [-0.4, -0.2) is 25.3 Å². The third-order valence-corrected chi connectivity index (χ3v) is 3.87. The van der Waals surface area contributed by atoms with Gasteiger partial charge in [-0.15, -0.1) is 0 Å². The normalized spacial score (nSPS) is 11.5. The lowest BCUT2D eigenvalue weighted by atomic mass is 10.3. The summed E-state index contributed by atoms with van der Waals surface area (Å²) in [4.78, 5) is 0. The Hall–Kier alpha value is 0.370. The van der Waals surface area contributed by atoms with Crippen LogP contribution in [0.25, 0.3) is 0 Å². The lowest BCUT2D eigenvalue weighted by molar-refractivity contribution is 0.332. The largest absolute Gasteiger partial charge is 0.490 e. The molecule has 4 nitrogen and oxygen atoms in total. The number of hydrogen-bond donors (Lipinski definition) is 1. The van der Waals surface area contributed by atoms with Gasteiger partial charge in [-0.05, 0) is 44.0 Å². The second-order valence-electron chi connectivity index (χ2n) is 2.83. The first-order chi connectivity index (χ1) is 7.29. The third-order valence-electron chi connectivity index (χ3n) is 1.55. The van der Waals surface area contributed by atoms with Gasteiger partial charge in [0.15, 0.2) is 0 Å². The van der Waals surface area contributed by atoms with Crippen molar-refractivity contribution in [3.05, 3.63) is 25.6 Å². The molecule has 0 atom stereocenters. The van der Waals surface area contributed by atoms with Crippen LogP contribution in [0.2, 0.25) is 0 Å². The third kappa shape index (κ3) is 4.70. The molecule has 8 heteroatoms. The summed E-state index contributed by atoms with van der Waals surface area (Å²) in [5.74, 6) is 0.0499. The molecule has 0 radical (unpaired) electrons. The monoisotopic (exact) mass is 436 g/mol. The first kappa shape index (κ1) is 14.4. The highest BCUT2D eigenvalue weighted by Gasteiger charge is 2.10. The molecule has 0 amide bonds. The van der Waals surface area contributed by atoms with Crippen LogP contribution in [0.3, 0.4) is 0 Å². The summed E-state index contributed by atoms with van der Waals surface area (Å²) in [5.41, 5.74) is 0. The van der Waals surface area contributed by atoms with Crippen LogP contribution in [0.4, 0.5) is 0 Å². The first-order valence-corrected chi connectivity index (χ1v) is 8.01. The summed E-state index contributed by atoms with van der Waals surface area (Å²) < 4.78 is 37.0. The van der Waals surface area contributed by atoms with Crippen molar-refractivity contribution in [2.75, 3.05) is 12.4 Å². The van der Waals surface area contributed by atoms with E-state index in [1.165, 1.54) is 0 Å². The summed E-state index contributed by atoms with van der Waals surface area (Å²) in [6.45, 7) is -0.113. The van der Waals surface area contributed by atoms with Crippen molar-refractivity contribution in [2.45, 2.75) is 0 Å². The SMILES string of the molecule is O=S(=O)(O)CCOc1c(Br)cc(Br)cc1Br. The van der Waals surface area contributed by atoms with Crippen molar-refractivity contribution in [3.63, 3.8) is 0 Å². The molecule has 0 spiro atoms. The van der Waals surface area contributed by atoms with Crippen LogP contribution in [0.5, 0.6) is 5.75 Å². The topological polar surface area (TPSA) is 63.6 Å². The minimum absolute atomic E-state index is 0.113. The molecule has 1 aromatic rings. The van der Waals surface area contributed by atoms with E-state index >= 15 is 0 Å². The molecule has 90 valence electrons. The highest BCUT2D eigenvalue weighted by atomic mass is 79.9. The summed E-state index contributed by atoms with van der Waals surface area (Å²) >= 11 is 9.86. The maximum Gasteiger partial charge on any atom is 0.268 e. The Morgan fingerprint density at radius 1 is 1.19 bits per heavy atom. The van der Waals surface area contributed by atoms with Gasteiger partial charge in [0.05, 0.1) is 8.95 Å². The van der Waals surface area contributed by atoms with Crippen molar-refractivity contribution in [3.8, 4) is 5.75 Å². The number of halogens is 3. The van der Waals surface area contributed by atoms with E-state index < -0.39 is 15.9 Å². The molecule has 1 aromatic carbocycles. The van der Waals surface area contributed by atoms with Crippen LogP contribution >= 0.6 is 47.8 Å². The van der Waals surface area contributed by atoms with Crippen LogP contribution in [0.15, 0.2) is 25.6 Å². The van der Waals surface area contributed by atoms with E-state index in [0.717, 1.165) is 4.47 Å². The van der Waals surface area contributed by atoms with Gasteiger partial charge >= 0.3 is 0 Å². The molecule has 1 rings (SSSR count). The maximum atomic E-state index is 10.5. The van der Waals surface area contributed by atoms with Crippen molar-refractivity contribution in [2.24, 2.45) is 0 Å². The molecule has 0 saturated heterocycles. The van der Waals surface area contributed by atoms with Crippen molar-refractivity contribution in [1.29, 1.82) is 0 Å². The highest BCUT2D eigenvalue weighted by Crippen LogP contribution is 2.36. The second-order valence-corrected chi connectivity index (χ2v) is 7.03. The summed E-state index contributed by atoms with van der Waals surface area (Å²) in [6.07, 6.45) is 0. The van der Waals surface area contributed by atoms with Crippen LogP contribution in [0, 0.1) is 0 Å². The molecule has 0 fully saturated rings. The number of benzene rings is 1. The minimum Gasteiger partial charge on any atom is -0.490 e. The molecule has 0 aliphatic carbocycles. The van der Waals surface area contributed by atoms with Crippen LogP contribution in [-0.2, 0) is 10.1 Å². The Balaban J connectivity index is 2.75. The molecular weight excluding hydrogens is 432 g/mol. The molecule has 0 aliphatic rings. The van der Waals surface area contributed by atoms with Crippen molar-refractivity contribution >= 4 is 57.9 Å². The average molecular weight is 439 g/mol. The standard InChI is InChI=1S/C8H7Br3O4S/c9-5-3-6(10)8(7(11)4-5)15-1-2-16(12,13)14/h3-4H,1-2H2,(H,12,13,14). The number of hydrogen-bond acceptors (Lipinski definition) is 3.